The van der Waals surface area contributed by atoms with Crippen LogP contribution in [-0.4, -0.2) is 45.7 Å². The van der Waals surface area contributed by atoms with Gasteiger partial charge in [-0.15, -0.1) is 0 Å². The predicted molar refractivity (Wildman–Crippen MR) is 71.8 cm³/mol. The molecule has 1 aromatic rings. The van der Waals surface area contributed by atoms with E-state index in [1.165, 1.54) is 4.90 Å². The summed E-state index contributed by atoms with van der Waals surface area (Å²) in [7, 11) is 0. The molecule has 2 atom stereocenters. The van der Waals surface area contributed by atoms with E-state index >= 15 is 0 Å². The first-order chi connectivity index (χ1) is 9.52. The van der Waals surface area contributed by atoms with Crippen molar-refractivity contribution < 1.29 is 19.8 Å². The van der Waals surface area contributed by atoms with Crippen molar-refractivity contribution in [3.63, 3.8) is 0 Å². The van der Waals surface area contributed by atoms with Gasteiger partial charge in [0.25, 0.3) is 0 Å². The minimum Gasteiger partial charge on any atom is -0.480 e. The van der Waals surface area contributed by atoms with Crippen LogP contribution in [0.2, 0.25) is 0 Å². The zero-order valence-corrected chi connectivity index (χ0v) is 11.0. The molecule has 1 heterocycles. The fraction of sp³-hybridized carbons (Fsp3) is 0.429. The molecule has 2 rings (SSSR count). The van der Waals surface area contributed by atoms with E-state index < -0.39 is 18.1 Å². The van der Waals surface area contributed by atoms with Gasteiger partial charge in [0.15, 0.2) is 0 Å². The van der Waals surface area contributed by atoms with Crippen molar-refractivity contribution in [1.82, 2.24) is 4.90 Å². The number of carboxylic acids is 1. The Morgan fingerprint density at radius 3 is 2.55 bits per heavy atom. The number of hydrogen-bond donors (Lipinski definition) is 3. The molecule has 1 aliphatic rings. The van der Waals surface area contributed by atoms with Crippen molar-refractivity contribution in [2.45, 2.75) is 31.5 Å². The lowest BCUT2D eigenvalue weighted by Crippen LogP contribution is -2.41. The number of carbonyl (C=O) groups excluding carboxylic acids is 1. The first-order valence-electron chi connectivity index (χ1n) is 6.50. The number of amides is 1. The van der Waals surface area contributed by atoms with Gasteiger partial charge in [-0.25, -0.2) is 4.79 Å². The van der Waals surface area contributed by atoms with E-state index in [2.05, 4.69) is 0 Å². The molecular weight excluding hydrogens is 260 g/mol. The number of aliphatic hydroxyl groups is 1. The van der Waals surface area contributed by atoms with Gasteiger partial charge in [-0.05, 0) is 11.1 Å². The number of benzene rings is 1. The van der Waals surface area contributed by atoms with E-state index in [9.17, 15) is 14.7 Å². The van der Waals surface area contributed by atoms with Gasteiger partial charge in [-0.3, -0.25) is 4.79 Å². The van der Waals surface area contributed by atoms with Crippen LogP contribution in [0.25, 0.3) is 0 Å². The molecule has 0 bridgehead atoms. The van der Waals surface area contributed by atoms with Gasteiger partial charge in [-0.1, -0.05) is 24.3 Å². The predicted octanol–water partition coefficient (Wildman–Crippen LogP) is -0.266. The topological polar surface area (TPSA) is 104 Å². The number of nitrogens with two attached hydrogens (primary N) is 1. The Kier molecular flexibility index (Phi) is 4.36. The third kappa shape index (κ3) is 2.97. The summed E-state index contributed by atoms with van der Waals surface area (Å²) in [5.74, 6) is -1.38. The van der Waals surface area contributed by atoms with Gasteiger partial charge in [0.1, 0.15) is 6.04 Å². The number of β-amino-alcohol motifs (C(OH)–C–C–N with tert-alkyl or cyclic N) is 1. The van der Waals surface area contributed by atoms with Crippen molar-refractivity contribution >= 4 is 11.9 Å². The maximum absolute atomic E-state index is 12.3. The van der Waals surface area contributed by atoms with Crippen LogP contribution in [0, 0.1) is 0 Å². The molecule has 6 nitrogen and oxygen atoms in total. The van der Waals surface area contributed by atoms with Gasteiger partial charge >= 0.3 is 5.97 Å². The van der Waals surface area contributed by atoms with Crippen molar-refractivity contribution in [2.24, 2.45) is 5.73 Å². The van der Waals surface area contributed by atoms with Crippen LogP contribution in [0.4, 0.5) is 0 Å². The summed E-state index contributed by atoms with van der Waals surface area (Å²) in [6.07, 6.45) is -0.589. The Morgan fingerprint density at radius 1 is 1.30 bits per heavy atom. The second kappa shape index (κ2) is 6.02. The van der Waals surface area contributed by atoms with Crippen LogP contribution < -0.4 is 5.73 Å². The van der Waals surface area contributed by atoms with Crippen LogP contribution in [0.15, 0.2) is 24.3 Å². The zero-order valence-electron chi connectivity index (χ0n) is 11.0. The van der Waals surface area contributed by atoms with Gasteiger partial charge in [-0.2, -0.15) is 0 Å². The van der Waals surface area contributed by atoms with Crippen LogP contribution >= 0.6 is 0 Å². The van der Waals surface area contributed by atoms with E-state index in [0.717, 1.165) is 11.1 Å². The summed E-state index contributed by atoms with van der Waals surface area (Å²) in [6, 6.07) is 6.37. The van der Waals surface area contributed by atoms with Crippen LogP contribution in [-0.2, 0) is 22.6 Å². The highest BCUT2D eigenvalue weighted by Gasteiger charge is 2.38. The normalized spacial score (nSPS) is 22.0. The third-order valence-electron chi connectivity index (χ3n) is 3.56. The maximum atomic E-state index is 12.3. The summed E-state index contributed by atoms with van der Waals surface area (Å²) < 4.78 is 0. The summed E-state index contributed by atoms with van der Waals surface area (Å²) in [6.45, 7) is 0.398. The highest BCUT2D eigenvalue weighted by Crippen LogP contribution is 2.20. The number of hydrogen-bond acceptors (Lipinski definition) is 4. The highest BCUT2D eigenvalue weighted by molar-refractivity contribution is 5.86. The average molecular weight is 278 g/mol. The Balaban J connectivity index is 2.13. The number of aliphatic hydroxyl groups excluding tert-OH is 1. The monoisotopic (exact) mass is 278 g/mol. The first kappa shape index (κ1) is 14.5. The summed E-state index contributed by atoms with van der Waals surface area (Å²) in [5, 5.41) is 18.6. The molecule has 0 saturated carbocycles. The van der Waals surface area contributed by atoms with Gasteiger partial charge < -0.3 is 20.8 Å². The van der Waals surface area contributed by atoms with Gasteiger partial charge in [0, 0.05) is 19.5 Å². The number of aliphatic carboxylic acids is 1. The molecule has 1 amide bonds. The molecule has 1 aromatic carbocycles. The van der Waals surface area contributed by atoms with Crippen molar-refractivity contribution in [2.75, 3.05) is 6.54 Å². The number of likely N-dealkylation sites (tertiary alicyclic amines) is 1. The molecule has 0 spiro atoms. The Bertz CT molecular complexity index is 518. The molecule has 4 N–H and O–H groups in total. The van der Waals surface area contributed by atoms with E-state index in [-0.39, 0.29) is 25.3 Å². The van der Waals surface area contributed by atoms with E-state index in [0.29, 0.717) is 6.54 Å². The smallest absolute Gasteiger partial charge is 0.326 e. The lowest BCUT2D eigenvalue weighted by molar-refractivity contribution is -0.148. The third-order valence-corrected chi connectivity index (χ3v) is 3.56. The first-order valence-corrected chi connectivity index (χ1v) is 6.50. The second-order valence-electron chi connectivity index (χ2n) is 4.94. The van der Waals surface area contributed by atoms with Crippen LogP contribution in [0.5, 0.6) is 0 Å². The van der Waals surface area contributed by atoms with E-state index in [4.69, 9.17) is 10.8 Å². The Morgan fingerprint density at radius 2 is 1.95 bits per heavy atom. The molecule has 1 saturated heterocycles. The Labute approximate surface area is 116 Å². The molecule has 6 heteroatoms. The van der Waals surface area contributed by atoms with Crippen LogP contribution in [0.3, 0.4) is 0 Å². The fourth-order valence-electron chi connectivity index (χ4n) is 2.52. The lowest BCUT2D eigenvalue weighted by Gasteiger charge is -2.21. The maximum Gasteiger partial charge on any atom is 0.326 e. The molecule has 1 aliphatic heterocycles. The summed E-state index contributed by atoms with van der Waals surface area (Å²) in [5.41, 5.74) is 7.28. The van der Waals surface area contributed by atoms with Crippen molar-refractivity contribution in [1.29, 1.82) is 0 Å². The largest absolute Gasteiger partial charge is 0.480 e. The lowest BCUT2D eigenvalue weighted by atomic mass is 10.0. The molecule has 108 valence electrons. The van der Waals surface area contributed by atoms with Crippen molar-refractivity contribution in [3.05, 3.63) is 35.4 Å². The second-order valence-corrected chi connectivity index (χ2v) is 4.94. The number of rotatable bonds is 4. The Hall–Kier alpha value is -1.92. The quantitative estimate of drug-likeness (QED) is 0.703. The van der Waals surface area contributed by atoms with Crippen molar-refractivity contribution in [3.8, 4) is 0 Å². The molecule has 0 aromatic heterocycles. The molecule has 0 aliphatic carbocycles. The molecule has 0 radical (unpaired) electrons. The molecule has 0 unspecified atom stereocenters. The SMILES string of the molecule is NCc1ccccc1CC(=O)N1C[C@H](O)C[C@@H]1C(=O)O. The summed E-state index contributed by atoms with van der Waals surface area (Å²) >= 11 is 0. The highest BCUT2D eigenvalue weighted by atomic mass is 16.4. The fourth-order valence-corrected chi connectivity index (χ4v) is 2.52. The molecule has 20 heavy (non-hydrogen) atoms. The minimum atomic E-state index is -1.08. The molecule has 1 fully saturated rings. The number of nitrogens with zero attached hydrogens (tertiary/aromatic N) is 1. The standard InChI is InChI=1S/C14H18N2O4/c15-7-10-4-2-1-3-9(10)5-13(18)16-8-11(17)6-12(16)14(19)20/h1-4,11-12,17H,5-8,15H2,(H,19,20)/t11-,12-/m1/s1. The van der Waals surface area contributed by atoms with Gasteiger partial charge in [0.05, 0.1) is 12.5 Å². The van der Waals surface area contributed by atoms with E-state index in [1.54, 1.807) is 0 Å². The van der Waals surface area contributed by atoms with Crippen LogP contribution in [0.1, 0.15) is 17.5 Å². The molecular formula is C14H18N2O4. The van der Waals surface area contributed by atoms with E-state index in [1.807, 2.05) is 24.3 Å². The summed E-state index contributed by atoms with van der Waals surface area (Å²) in [4.78, 5) is 24.6. The zero-order chi connectivity index (χ0) is 14.7. The van der Waals surface area contributed by atoms with Gasteiger partial charge in [0.2, 0.25) is 5.91 Å². The minimum absolute atomic E-state index is 0.0700. The average Bonchev–Trinajstić information content (AvgIpc) is 2.82. The number of carboxylic acid groups (broad SMARTS) is 1. The number of carbonyl (C=O) groups is 2.